The van der Waals surface area contributed by atoms with Gasteiger partial charge in [-0.1, -0.05) is 12.5 Å². The minimum absolute atomic E-state index is 0.00942. The normalized spacial score (nSPS) is 27.5. The van der Waals surface area contributed by atoms with Crippen LogP contribution in [0.15, 0.2) is 24.3 Å². The molecule has 1 aliphatic carbocycles. The summed E-state index contributed by atoms with van der Waals surface area (Å²) in [6.45, 7) is -1.99. The van der Waals surface area contributed by atoms with Crippen LogP contribution in [0, 0.1) is 5.92 Å². The fourth-order valence-electron chi connectivity index (χ4n) is 3.27. The quantitative estimate of drug-likeness (QED) is 0.791. The Morgan fingerprint density at radius 1 is 1.36 bits per heavy atom. The summed E-state index contributed by atoms with van der Waals surface area (Å²) in [5, 5.41) is 3.00. The van der Waals surface area contributed by atoms with Crippen LogP contribution < -0.4 is 20.9 Å². The van der Waals surface area contributed by atoms with E-state index in [4.69, 9.17) is 0 Å². The molecule has 1 aromatic carbocycles. The van der Waals surface area contributed by atoms with E-state index in [0.717, 1.165) is 25.8 Å². The second kappa shape index (κ2) is 6.58. The predicted molar refractivity (Wildman–Crippen MR) is 76.6 cm³/mol. The molecule has 0 radical (unpaired) electrons. The molecule has 2 aliphatic rings. The molecule has 1 amide bonds. The molecule has 3 N–H and O–H groups in total. The molecule has 1 aromatic rings. The Morgan fingerprint density at radius 3 is 3.05 bits per heavy atom. The van der Waals surface area contributed by atoms with Gasteiger partial charge >= 0.3 is 6.61 Å². The zero-order valence-corrected chi connectivity index (χ0v) is 12.0. The number of fused-ring (bicyclic) bond motifs is 1. The third kappa shape index (κ3) is 3.36. The van der Waals surface area contributed by atoms with Crippen LogP contribution in [-0.4, -0.2) is 31.1 Å². The summed E-state index contributed by atoms with van der Waals surface area (Å²) in [5.74, 6) is 0.247. The first-order valence-electron chi connectivity index (χ1n) is 7.47. The fraction of sp³-hybridized carbons (Fsp3) is 0.533. The van der Waals surface area contributed by atoms with Gasteiger partial charge in [0.15, 0.2) is 0 Å². The Kier molecular flexibility index (Phi) is 4.54. The van der Waals surface area contributed by atoms with Crippen molar-refractivity contribution in [2.24, 2.45) is 5.92 Å². The van der Waals surface area contributed by atoms with Gasteiger partial charge in [-0.2, -0.15) is 8.78 Å². The van der Waals surface area contributed by atoms with E-state index < -0.39 is 6.61 Å². The molecule has 3 unspecified atom stereocenters. The predicted octanol–water partition coefficient (Wildman–Crippen LogP) is 1.66. The van der Waals surface area contributed by atoms with E-state index in [9.17, 15) is 13.6 Å². The number of carbonyl (C=O) groups is 1. The summed E-state index contributed by atoms with van der Waals surface area (Å²) in [7, 11) is 0. The topological polar surface area (TPSA) is 62.4 Å². The summed E-state index contributed by atoms with van der Waals surface area (Å²) in [6, 6.07) is 6.13. The number of nitrogens with one attached hydrogen (secondary N) is 3. The van der Waals surface area contributed by atoms with E-state index in [1.165, 1.54) is 18.2 Å². The van der Waals surface area contributed by atoms with E-state index in [0.29, 0.717) is 11.5 Å². The summed E-state index contributed by atoms with van der Waals surface area (Å²) in [5.41, 5.74) is 6.67. The summed E-state index contributed by atoms with van der Waals surface area (Å²) >= 11 is 0. The minimum Gasteiger partial charge on any atom is -0.435 e. The van der Waals surface area contributed by atoms with E-state index in [-0.39, 0.29) is 23.7 Å². The van der Waals surface area contributed by atoms with Crippen molar-refractivity contribution in [2.75, 3.05) is 6.54 Å². The Balaban J connectivity index is 1.66. The van der Waals surface area contributed by atoms with Gasteiger partial charge in [-0.05, 0) is 37.0 Å². The third-order valence-corrected chi connectivity index (χ3v) is 4.30. The van der Waals surface area contributed by atoms with E-state index in [2.05, 4.69) is 20.9 Å². The molecule has 0 spiro atoms. The largest absolute Gasteiger partial charge is 0.435 e. The number of benzene rings is 1. The number of alkyl halides is 2. The molecule has 1 heterocycles. The van der Waals surface area contributed by atoms with Crippen LogP contribution in [0.5, 0.6) is 5.75 Å². The van der Waals surface area contributed by atoms with Crippen molar-refractivity contribution in [1.82, 2.24) is 16.2 Å². The number of amides is 1. The zero-order chi connectivity index (χ0) is 15.5. The van der Waals surface area contributed by atoms with Crippen molar-refractivity contribution < 1.29 is 18.3 Å². The fourth-order valence-corrected chi connectivity index (χ4v) is 3.27. The van der Waals surface area contributed by atoms with Crippen LogP contribution in [0.4, 0.5) is 8.78 Å². The maximum absolute atomic E-state index is 12.3. The average molecular weight is 311 g/mol. The van der Waals surface area contributed by atoms with Crippen molar-refractivity contribution in [3.63, 3.8) is 0 Å². The summed E-state index contributed by atoms with van der Waals surface area (Å²) < 4.78 is 28.8. The zero-order valence-electron chi connectivity index (χ0n) is 12.0. The van der Waals surface area contributed by atoms with Crippen molar-refractivity contribution in [2.45, 2.75) is 38.0 Å². The molecule has 3 rings (SSSR count). The second-order valence-electron chi connectivity index (χ2n) is 5.73. The van der Waals surface area contributed by atoms with E-state index in [1.54, 1.807) is 6.07 Å². The molecular weight excluding hydrogens is 292 g/mol. The number of halogens is 2. The maximum Gasteiger partial charge on any atom is 0.387 e. The molecule has 2 fully saturated rings. The number of hydrogen-bond donors (Lipinski definition) is 3. The molecule has 3 atom stereocenters. The Bertz CT molecular complexity index is 541. The standard InChI is InChI=1S/C15H19F2N3O2/c16-15(17)22-11-5-1-3-9(7-11)14(21)19-12-6-2-4-10-8-18-20-13(10)12/h1,3,5,7,10,12-13,15,18,20H,2,4,6,8H2,(H,19,21). The summed E-state index contributed by atoms with van der Waals surface area (Å²) in [6.07, 6.45) is 3.13. The Labute approximate surface area is 127 Å². The molecule has 0 bridgehead atoms. The molecule has 120 valence electrons. The molecule has 22 heavy (non-hydrogen) atoms. The average Bonchev–Trinajstić information content (AvgIpc) is 2.96. The Morgan fingerprint density at radius 2 is 2.23 bits per heavy atom. The lowest BCUT2D eigenvalue weighted by Gasteiger charge is -2.33. The third-order valence-electron chi connectivity index (χ3n) is 4.30. The van der Waals surface area contributed by atoms with Gasteiger partial charge in [0.05, 0.1) is 0 Å². The van der Waals surface area contributed by atoms with Gasteiger partial charge in [-0.15, -0.1) is 0 Å². The monoisotopic (exact) mass is 311 g/mol. The van der Waals surface area contributed by atoms with Gasteiger partial charge in [0.25, 0.3) is 5.91 Å². The molecule has 1 aliphatic heterocycles. The van der Waals surface area contributed by atoms with Crippen LogP contribution in [0.25, 0.3) is 0 Å². The molecular formula is C15H19F2N3O2. The van der Waals surface area contributed by atoms with Crippen LogP contribution >= 0.6 is 0 Å². The SMILES string of the molecule is O=C(NC1CCCC2CNNC21)c1cccc(OC(F)F)c1. The van der Waals surface area contributed by atoms with Crippen LogP contribution in [-0.2, 0) is 0 Å². The Hall–Kier alpha value is -1.73. The first-order valence-corrected chi connectivity index (χ1v) is 7.47. The second-order valence-corrected chi connectivity index (χ2v) is 5.73. The van der Waals surface area contributed by atoms with Crippen LogP contribution in [0.1, 0.15) is 29.6 Å². The van der Waals surface area contributed by atoms with Crippen molar-refractivity contribution >= 4 is 5.91 Å². The highest BCUT2D eigenvalue weighted by atomic mass is 19.3. The number of rotatable bonds is 4. The minimum atomic E-state index is -2.90. The molecule has 1 saturated heterocycles. The molecule has 7 heteroatoms. The lowest BCUT2D eigenvalue weighted by molar-refractivity contribution is -0.0498. The highest BCUT2D eigenvalue weighted by molar-refractivity contribution is 5.94. The first-order chi connectivity index (χ1) is 10.6. The van der Waals surface area contributed by atoms with Crippen molar-refractivity contribution in [1.29, 1.82) is 0 Å². The van der Waals surface area contributed by atoms with Crippen LogP contribution in [0.2, 0.25) is 0 Å². The number of hydrazine groups is 1. The van der Waals surface area contributed by atoms with E-state index in [1.807, 2.05) is 0 Å². The molecule has 0 aromatic heterocycles. The van der Waals surface area contributed by atoms with Crippen molar-refractivity contribution in [3.05, 3.63) is 29.8 Å². The first kappa shape index (κ1) is 15.2. The molecule has 5 nitrogen and oxygen atoms in total. The van der Waals surface area contributed by atoms with Gasteiger partial charge in [0.1, 0.15) is 5.75 Å². The smallest absolute Gasteiger partial charge is 0.387 e. The van der Waals surface area contributed by atoms with E-state index >= 15 is 0 Å². The van der Waals surface area contributed by atoms with Crippen molar-refractivity contribution in [3.8, 4) is 5.75 Å². The highest BCUT2D eigenvalue weighted by Gasteiger charge is 2.37. The molecule has 1 saturated carbocycles. The number of ether oxygens (including phenoxy) is 1. The maximum atomic E-state index is 12.3. The van der Waals surface area contributed by atoms with Gasteiger partial charge in [-0.3, -0.25) is 15.6 Å². The summed E-state index contributed by atoms with van der Waals surface area (Å²) in [4.78, 5) is 12.3. The lowest BCUT2D eigenvalue weighted by Crippen LogP contribution is -2.52. The van der Waals surface area contributed by atoms with Gasteiger partial charge in [-0.25, -0.2) is 0 Å². The highest BCUT2D eigenvalue weighted by Crippen LogP contribution is 2.27. The van der Waals surface area contributed by atoms with Gasteiger partial charge in [0, 0.05) is 24.2 Å². The van der Waals surface area contributed by atoms with Gasteiger partial charge in [0.2, 0.25) is 0 Å². The number of carbonyl (C=O) groups excluding carboxylic acids is 1. The van der Waals surface area contributed by atoms with Crippen LogP contribution in [0.3, 0.4) is 0 Å². The lowest BCUT2D eigenvalue weighted by atomic mass is 9.82. The number of hydrogen-bond acceptors (Lipinski definition) is 4. The van der Waals surface area contributed by atoms with Gasteiger partial charge < -0.3 is 10.1 Å².